The van der Waals surface area contributed by atoms with Gasteiger partial charge in [-0.15, -0.1) is 0 Å². The third-order valence-corrected chi connectivity index (χ3v) is 5.25. The summed E-state index contributed by atoms with van der Waals surface area (Å²) in [6.45, 7) is 1.33. The number of urea groups is 1. The fraction of sp³-hybridized carbons (Fsp3) is 0.364. The number of carboxylic acid groups (broad SMARTS) is 1. The van der Waals surface area contributed by atoms with Crippen LogP contribution in [0.4, 0.5) is 10.5 Å². The number of carboxylic acids is 1. The molecule has 148 valence electrons. The van der Waals surface area contributed by atoms with Crippen molar-refractivity contribution in [1.82, 2.24) is 9.80 Å². The Morgan fingerprint density at radius 2 is 1.79 bits per heavy atom. The number of nitrogens with zero attached hydrogens (tertiary/aromatic N) is 2. The maximum atomic E-state index is 12.9. The normalized spacial score (nSPS) is 17.2. The lowest BCUT2D eigenvalue weighted by atomic mass is 10.0. The predicted molar refractivity (Wildman–Crippen MR) is 110 cm³/mol. The summed E-state index contributed by atoms with van der Waals surface area (Å²) in [4.78, 5) is 27.5. The van der Waals surface area contributed by atoms with Crippen LogP contribution in [0.1, 0.15) is 19.3 Å². The number of aliphatic carboxylic acids is 1. The van der Waals surface area contributed by atoms with E-state index in [1.807, 2.05) is 71.4 Å². The van der Waals surface area contributed by atoms with Gasteiger partial charge in [-0.3, -0.25) is 9.69 Å². The summed E-state index contributed by atoms with van der Waals surface area (Å²) in [5.74, 6) is -0.820. The number of likely N-dealkylation sites (N-methyl/N-ethyl adjacent to an activating group) is 1. The fourth-order valence-corrected chi connectivity index (χ4v) is 3.72. The maximum Gasteiger partial charge on any atom is 0.321 e. The molecule has 0 saturated carbocycles. The standard InChI is InChI=1S/C22H27N3O3/c1-24(16-21(26)27)18-10-7-14-25(15-13-18)22(28)23-20-12-6-5-11-19(20)17-8-3-2-4-9-17/h2-6,8-9,11-12,18H,7,10,13-16H2,1H3,(H,23,28)(H,26,27). The van der Waals surface area contributed by atoms with Gasteiger partial charge in [0.25, 0.3) is 0 Å². The van der Waals surface area contributed by atoms with E-state index in [-0.39, 0.29) is 18.6 Å². The molecule has 0 spiro atoms. The molecule has 2 aromatic carbocycles. The van der Waals surface area contributed by atoms with Crippen molar-refractivity contribution in [2.24, 2.45) is 0 Å². The minimum absolute atomic E-state index is 0.0291. The number of amides is 2. The molecule has 6 nitrogen and oxygen atoms in total. The number of hydrogen-bond acceptors (Lipinski definition) is 3. The summed E-state index contributed by atoms with van der Waals surface area (Å²) in [5, 5.41) is 12.1. The number of nitrogens with one attached hydrogen (secondary N) is 1. The monoisotopic (exact) mass is 381 g/mol. The van der Waals surface area contributed by atoms with E-state index >= 15 is 0 Å². The molecule has 28 heavy (non-hydrogen) atoms. The molecule has 6 heteroatoms. The van der Waals surface area contributed by atoms with Crippen LogP contribution in [0.2, 0.25) is 0 Å². The van der Waals surface area contributed by atoms with Crippen LogP contribution in [-0.2, 0) is 4.79 Å². The van der Waals surface area contributed by atoms with Gasteiger partial charge in [-0.2, -0.15) is 0 Å². The van der Waals surface area contributed by atoms with Crippen LogP contribution in [0, 0.1) is 0 Å². The van der Waals surface area contributed by atoms with E-state index in [4.69, 9.17) is 5.11 Å². The second kappa shape index (κ2) is 9.37. The summed E-state index contributed by atoms with van der Waals surface area (Å²) in [5.41, 5.74) is 2.84. The van der Waals surface area contributed by atoms with Crippen molar-refractivity contribution in [3.63, 3.8) is 0 Å². The van der Waals surface area contributed by atoms with Crippen molar-refractivity contribution in [2.75, 3.05) is 32.0 Å². The number of para-hydroxylation sites is 1. The van der Waals surface area contributed by atoms with Crippen molar-refractivity contribution in [2.45, 2.75) is 25.3 Å². The molecular formula is C22H27N3O3. The Balaban J connectivity index is 1.65. The van der Waals surface area contributed by atoms with Crippen LogP contribution >= 0.6 is 0 Å². The van der Waals surface area contributed by atoms with Crippen molar-refractivity contribution in [1.29, 1.82) is 0 Å². The molecule has 1 saturated heterocycles. The zero-order valence-electron chi connectivity index (χ0n) is 16.2. The van der Waals surface area contributed by atoms with Gasteiger partial charge >= 0.3 is 12.0 Å². The van der Waals surface area contributed by atoms with E-state index in [1.165, 1.54) is 0 Å². The third-order valence-electron chi connectivity index (χ3n) is 5.25. The molecule has 1 heterocycles. The van der Waals surface area contributed by atoms with Crippen LogP contribution in [0.5, 0.6) is 0 Å². The Morgan fingerprint density at radius 1 is 1.07 bits per heavy atom. The quantitative estimate of drug-likeness (QED) is 0.827. The average Bonchev–Trinajstić information content (AvgIpc) is 2.95. The molecule has 1 unspecified atom stereocenters. The zero-order valence-corrected chi connectivity index (χ0v) is 16.2. The summed E-state index contributed by atoms with van der Waals surface area (Å²) in [7, 11) is 1.84. The largest absolute Gasteiger partial charge is 0.480 e. The fourth-order valence-electron chi connectivity index (χ4n) is 3.72. The maximum absolute atomic E-state index is 12.9. The minimum Gasteiger partial charge on any atom is -0.480 e. The number of carbonyl (C=O) groups excluding carboxylic acids is 1. The molecule has 1 fully saturated rings. The summed E-state index contributed by atoms with van der Waals surface area (Å²) in [6, 6.07) is 17.9. The molecular weight excluding hydrogens is 354 g/mol. The molecule has 1 atom stereocenters. The number of likely N-dealkylation sites (tertiary alicyclic amines) is 1. The van der Waals surface area contributed by atoms with E-state index < -0.39 is 5.97 Å². The highest BCUT2D eigenvalue weighted by atomic mass is 16.4. The molecule has 2 N–H and O–H groups in total. The first kappa shape index (κ1) is 19.9. The number of hydrogen-bond donors (Lipinski definition) is 2. The van der Waals surface area contributed by atoms with Crippen molar-refractivity contribution >= 4 is 17.7 Å². The van der Waals surface area contributed by atoms with E-state index in [0.29, 0.717) is 13.1 Å². The number of rotatable bonds is 5. The highest BCUT2D eigenvalue weighted by Crippen LogP contribution is 2.28. The predicted octanol–water partition coefficient (Wildman–Crippen LogP) is 3.76. The first-order valence-corrected chi connectivity index (χ1v) is 9.67. The van der Waals surface area contributed by atoms with E-state index in [0.717, 1.165) is 36.1 Å². The Kier molecular flexibility index (Phi) is 6.66. The number of carbonyl (C=O) groups is 2. The first-order valence-electron chi connectivity index (χ1n) is 9.67. The van der Waals surface area contributed by atoms with Crippen LogP contribution in [0.15, 0.2) is 54.6 Å². The third kappa shape index (κ3) is 5.10. The summed E-state index contributed by atoms with van der Waals surface area (Å²) >= 11 is 0. The summed E-state index contributed by atoms with van der Waals surface area (Å²) in [6.07, 6.45) is 2.54. The molecule has 1 aliphatic heterocycles. The number of benzene rings is 2. The van der Waals surface area contributed by atoms with Gasteiger partial charge in [0, 0.05) is 24.7 Å². The average molecular weight is 381 g/mol. The van der Waals surface area contributed by atoms with E-state index in [2.05, 4.69) is 5.32 Å². The lowest BCUT2D eigenvalue weighted by molar-refractivity contribution is -0.138. The molecule has 0 radical (unpaired) electrons. The molecule has 0 bridgehead atoms. The molecule has 2 amide bonds. The molecule has 2 aromatic rings. The van der Waals surface area contributed by atoms with Crippen LogP contribution in [-0.4, -0.2) is 59.6 Å². The van der Waals surface area contributed by atoms with Gasteiger partial charge in [-0.05, 0) is 37.9 Å². The van der Waals surface area contributed by atoms with Gasteiger partial charge in [-0.25, -0.2) is 4.79 Å². The highest BCUT2D eigenvalue weighted by Gasteiger charge is 2.24. The molecule has 3 rings (SSSR count). The Bertz CT molecular complexity index is 810. The first-order chi connectivity index (χ1) is 13.5. The van der Waals surface area contributed by atoms with E-state index in [1.54, 1.807) is 0 Å². The van der Waals surface area contributed by atoms with Gasteiger partial charge in [0.15, 0.2) is 0 Å². The second-order valence-corrected chi connectivity index (χ2v) is 7.22. The highest BCUT2D eigenvalue weighted by molar-refractivity contribution is 5.94. The van der Waals surface area contributed by atoms with E-state index in [9.17, 15) is 9.59 Å². The lowest BCUT2D eigenvalue weighted by Gasteiger charge is -2.26. The Hall–Kier alpha value is -2.86. The van der Waals surface area contributed by atoms with Crippen LogP contribution in [0.3, 0.4) is 0 Å². The molecule has 0 aliphatic carbocycles. The summed E-state index contributed by atoms with van der Waals surface area (Å²) < 4.78 is 0. The van der Waals surface area contributed by atoms with Crippen molar-refractivity contribution in [3.8, 4) is 11.1 Å². The topological polar surface area (TPSA) is 72.9 Å². The van der Waals surface area contributed by atoms with Gasteiger partial charge in [0.2, 0.25) is 0 Å². The minimum atomic E-state index is -0.820. The smallest absolute Gasteiger partial charge is 0.321 e. The zero-order chi connectivity index (χ0) is 19.9. The van der Waals surface area contributed by atoms with Crippen molar-refractivity contribution in [3.05, 3.63) is 54.6 Å². The van der Waals surface area contributed by atoms with Crippen LogP contribution < -0.4 is 5.32 Å². The van der Waals surface area contributed by atoms with Crippen LogP contribution in [0.25, 0.3) is 11.1 Å². The SMILES string of the molecule is CN(CC(=O)O)C1CCCN(C(=O)Nc2ccccc2-c2ccccc2)CC1. The van der Waals surface area contributed by atoms with Gasteiger partial charge in [0.05, 0.1) is 12.2 Å². The second-order valence-electron chi connectivity index (χ2n) is 7.22. The lowest BCUT2D eigenvalue weighted by Crippen LogP contribution is -2.38. The van der Waals surface area contributed by atoms with Gasteiger partial charge < -0.3 is 15.3 Å². The van der Waals surface area contributed by atoms with Crippen molar-refractivity contribution < 1.29 is 14.7 Å². The number of anilines is 1. The Morgan fingerprint density at radius 3 is 2.54 bits per heavy atom. The van der Waals surface area contributed by atoms with Gasteiger partial charge in [0.1, 0.15) is 0 Å². The molecule has 0 aromatic heterocycles. The Labute approximate surface area is 165 Å². The molecule has 1 aliphatic rings. The van der Waals surface area contributed by atoms with Gasteiger partial charge in [-0.1, -0.05) is 48.5 Å².